The van der Waals surface area contributed by atoms with Crippen molar-refractivity contribution in [2.75, 3.05) is 0 Å². The maximum absolute atomic E-state index is 12.0. The summed E-state index contributed by atoms with van der Waals surface area (Å²) in [7, 11) is 0. The van der Waals surface area contributed by atoms with Crippen LogP contribution in [0.3, 0.4) is 0 Å². The Balaban J connectivity index is 2.57. The van der Waals surface area contributed by atoms with Crippen LogP contribution in [0.2, 0.25) is 0 Å². The van der Waals surface area contributed by atoms with E-state index in [-0.39, 0.29) is 11.3 Å². The lowest BCUT2D eigenvalue weighted by Crippen LogP contribution is -2.51. The average Bonchev–Trinajstić information content (AvgIpc) is 2.16. The highest BCUT2D eigenvalue weighted by molar-refractivity contribution is 5.88. The first-order valence-electron chi connectivity index (χ1n) is 6.09. The number of carbonyl (C=O) groups excluding carboxylic acids is 1. The second-order valence-electron chi connectivity index (χ2n) is 4.64. The van der Waals surface area contributed by atoms with Crippen LogP contribution < -0.4 is 5.32 Å². The Morgan fingerprint density at radius 3 is 2.31 bits per heavy atom. The van der Waals surface area contributed by atoms with Crippen molar-refractivity contribution in [3.05, 3.63) is 0 Å². The third-order valence-corrected chi connectivity index (χ3v) is 3.65. The van der Waals surface area contributed by atoms with Crippen molar-refractivity contribution in [1.82, 2.24) is 5.32 Å². The monoisotopic (exact) mass is 227 g/mol. The fourth-order valence-electron chi connectivity index (χ4n) is 2.20. The Morgan fingerprint density at radius 1 is 1.38 bits per heavy atom. The van der Waals surface area contributed by atoms with Crippen molar-refractivity contribution < 1.29 is 14.7 Å². The second kappa shape index (κ2) is 5.32. The molecule has 1 aliphatic rings. The lowest BCUT2D eigenvalue weighted by Gasteiger charge is -2.40. The van der Waals surface area contributed by atoms with Crippen molar-refractivity contribution in [1.29, 1.82) is 0 Å². The Bertz CT molecular complexity index is 266. The van der Waals surface area contributed by atoms with E-state index < -0.39 is 12.0 Å². The van der Waals surface area contributed by atoms with E-state index in [2.05, 4.69) is 5.32 Å². The minimum Gasteiger partial charge on any atom is -0.480 e. The Labute approximate surface area is 96.4 Å². The van der Waals surface area contributed by atoms with E-state index in [0.717, 1.165) is 32.1 Å². The summed E-state index contributed by atoms with van der Waals surface area (Å²) in [4.78, 5) is 22.9. The molecule has 0 bridgehead atoms. The van der Waals surface area contributed by atoms with Crippen LogP contribution in [0.1, 0.15) is 52.4 Å². The average molecular weight is 227 g/mol. The second-order valence-corrected chi connectivity index (χ2v) is 4.64. The molecule has 1 aliphatic carbocycles. The van der Waals surface area contributed by atoms with Gasteiger partial charge in [0.25, 0.3) is 0 Å². The molecule has 0 heterocycles. The van der Waals surface area contributed by atoms with Gasteiger partial charge < -0.3 is 10.4 Å². The zero-order chi connectivity index (χ0) is 12.2. The summed E-state index contributed by atoms with van der Waals surface area (Å²) >= 11 is 0. The van der Waals surface area contributed by atoms with Crippen LogP contribution in [0.25, 0.3) is 0 Å². The minimum atomic E-state index is -0.930. The van der Waals surface area contributed by atoms with Gasteiger partial charge in [0.15, 0.2) is 0 Å². The molecule has 16 heavy (non-hydrogen) atoms. The van der Waals surface area contributed by atoms with Crippen molar-refractivity contribution >= 4 is 11.9 Å². The molecule has 0 aromatic rings. The summed E-state index contributed by atoms with van der Waals surface area (Å²) < 4.78 is 0. The third-order valence-electron chi connectivity index (χ3n) is 3.65. The normalized spacial score (nSPS) is 19.6. The number of amides is 1. The first-order chi connectivity index (χ1) is 7.55. The number of nitrogens with one attached hydrogen (secondary N) is 1. The maximum Gasteiger partial charge on any atom is 0.326 e. The van der Waals surface area contributed by atoms with E-state index in [0.29, 0.717) is 6.42 Å². The molecule has 0 aromatic carbocycles. The number of hydrogen-bond donors (Lipinski definition) is 2. The highest BCUT2D eigenvalue weighted by atomic mass is 16.4. The molecule has 1 saturated carbocycles. The van der Waals surface area contributed by atoms with Gasteiger partial charge in [-0.05, 0) is 25.7 Å². The zero-order valence-electron chi connectivity index (χ0n) is 10.1. The van der Waals surface area contributed by atoms with E-state index >= 15 is 0 Å². The van der Waals surface area contributed by atoms with Crippen molar-refractivity contribution in [2.24, 2.45) is 5.41 Å². The molecule has 1 amide bonds. The molecule has 1 atom stereocenters. The summed E-state index contributed by atoms with van der Waals surface area (Å²) in [5.41, 5.74) is -0.276. The molecule has 0 radical (unpaired) electrons. The smallest absolute Gasteiger partial charge is 0.326 e. The first kappa shape index (κ1) is 13.0. The van der Waals surface area contributed by atoms with Crippen LogP contribution in [-0.4, -0.2) is 23.0 Å². The Kier molecular flexibility index (Phi) is 4.33. The van der Waals surface area contributed by atoms with E-state index in [4.69, 9.17) is 5.11 Å². The maximum atomic E-state index is 12.0. The summed E-state index contributed by atoms with van der Waals surface area (Å²) in [6.07, 6.45) is 4.93. The molecule has 0 spiro atoms. The predicted molar refractivity (Wildman–Crippen MR) is 61.0 cm³/mol. The van der Waals surface area contributed by atoms with Gasteiger partial charge in [-0.1, -0.05) is 26.7 Å². The van der Waals surface area contributed by atoms with E-state index in [9.17, 15) is 9.59 Å². The molecule has 0 aliphatic heterocycles. The number of hydrogen-bond acceptors (Lipinski definition) is 2. The first-order valence-corrected chi connectivity index (χ1v) is 6.09. The van der Waals surface area contributed by atoms with Crippen LogP contribution in [0.15, 0.2) is 0 Å². The zero-order valence-corrected chi connectivity index (χ0v) is 10.1. The van der Waals surface area contributed by atoms with Crippen LogP contribution in [0, 0.1) is 5.41 Å². The van der Waals surface area contributed by atoms with Crippen molar-refractivity contribution in [3.8, 4) is 0 Å². The van der Waals surface area contributed by atoms with E-state index in [1.54, 1.807) is 0 Å². The van der Waals surface area contributed by atoms with Gasteiger partial charge in [0, 0.05) is 5.41 Å². The summed E-state index contributed by atoms with van der Waals surface area (Å²) in [6.45, 7) is 3.91. The SMILES string of the molecule is CCCC(NC(=O)C1(CC)CCC1)C(=O)O. The van der Waals surface area contributed by atoms with Crippen LogP contribution in [0.5, 0.6) is 0 Å². The van der Waals surface area contributed by atoms with Crippen LogP contribution in [-0.2, 0) is 9.59 Å². The molecule has 1 unspecified atom stereocenters. The molecule has 2 N–H and O–H groups in total. The molecular formula is C12H21NO3. The number of aliphatic carboxylic acids is 1. The molecule has 1 rings (SSSR count). The number of carbonyl (C=O) groups is 2. The van der Waals surface area contributed by atoms with Gasteiger partial charge in [0.2, 0.25) is 5.91 Å². The lowest BCUT2D eigenvalue weighted by molar-refractivity contribution is -0.146. The quantitative estimate of drug-likeness (QED) is 0.728. The van der Waals surface area contributed by atoms with Crippen LogP contribution >= 0.6 is 0 Å². The van der Waals surface area contributed by atoms with Gasteiger partial charge in [-0.3, -0.25) is 4.79 Å². The largest absolute Gasteiger partial charge is 0.480 e. The summed E-state index contributed by atoms with van der Waals surface area (Å²) in [6, 6.07) is -0.721. The van der Waals surface area contributed by atoms with Gasteiger partial charge in [0.1, 0.15) is 6.04 Å². The molecule has 4 nitrogen and oxygen atoms in total. The fourth-order valence-corrected chi connectivity index (χ4v) is 2.20. The number of rotatable bonds is 6. The van der Waals surface area contributed by atoms with Gasteiger partial charge in [-0.25, -0.2) is 4.79 Å². The molecular weight excluding hydrogens is 206 g/mol. The van der Waals surface area contributed by atoms with Gasteiger partial charge in [-0.15, -0.1) is 0 Å². The molecule has 0 aromatic heterocycles. The van der Waals surface area contributed by atoms with E-state index in [1.165, 1.54) is 0 Å². The molecule has 0 saturated heterocycles. The highest BCUT2D eigenvalue weighted by Gasteiger charge is 2.43. The minimum absolute atomic E-state index is 0.0675. The molecule has 1 fully saturated rings. The van der Waals surface area contributed by atoms with E-state index in [1.807, 2.05) is 13.8 Å². The Hall–Kier alpha value is -1.06. The van der Waals surface area contributed by atoms with Crippen molar-refractivity contribution in [2.45, 2.75) is 58.4 Å². The number of carboxylic acids is 1. The molecule has 4 heteroatoms. The predicted octanol–water partition coefficient (Wildman–Crippen LogP) is 1.94. The fraction of sp³-hybridized carbons (Fsp3) is 0.833. The van der Waals surface area contributed by atoms with Crippen LogP contribution in [0.4, 0.5) is 0 Å². The highest BCUT2D eigenvalue weighted by Crippen LogP contribution is 2.44. The third kappa shape index (κ3) is 2.54. The molecule has 92 valence electrons. The standard InChI is InChI=1S/C12H21NO3/c1-3-6-9(10(14)15)13-11(16)12(4-2)7-5-8-12/h9H,3-8H2,1-2H3,(H,13,16)(H,14,15). The van der Waals surface area contributed by atoms with Crippen molar-refractivity contribution in [3.63, 3.8) is 0 Å². The van der Waals surface area contributed by atoms with Gasteiger partial charge in [0.05, 0.1) is 0 Å². The number of carboxylic acid groups (broad SMARTS) is 1. The summed E-state index contributed by atoms with van der Waals surface area (Å²) in [5.74, 6) is -0.997. The van der Waals surface area contributed by atoms with Gasteiger partial charge in [-0.2, -0.15) is 0 Å². The lowest BCUT2D eigenvalue weighted by atomic mass is 9.66. The summed E-state index contributed by atoms with van der Waals surface area (Å²) in [5, 5.41) is 11.6. The Morgan fingerprint density at radius 2 is 2.00 bits per heavy atom. The topological polar surface area (TPSA) is 66.4 Å². The van der Waals surface area contributed by atoms with Gasteiger partial charge >= 0.3 is 5.97 Å².